The highest BCUT2D eigenvalue weighted by atomic mass is 16.6. The number of amides is 1. The largest absolute Gasteiger partial charge is 0.497 e. The van der Waals surface area contributed by atoms with Gasteiger partial charge in [-0.3, -0.25) is 4.68 Å². The minimum Gasteiger partial charge on any atom is -0.497 e. The molecule has 0 unspecified atom stereocenters. The second-order valence-electron chi connectivity index (χ2n) is 8.81. The summed E-state index contributed by atoms with van der Waals surface area (Å²) in [6, 6.07) is 5.19. The summed E-state index contributed by atoms with van der Waals surface area (Å²) < 4.78 is 22.9. The molecule has 34 heavy (non-hydrogen) atoms. The van der Waals surface area contributed by atoms with Crippen molar-refractivity contribution in [2.75, 3.05) is 33.9 Å². The predicted molar refractivity (Wildman–Crippen MR) is 125 cm³/mol. The zero-order valence-corrected chi connectivity index (χ0v) is 20.5. The SMILES string of the molecule is CCOC(=O)c1cn([C@H]2CCN(C(=O)OC(C)(C)C)C2)nc1C#Cc1cc(OC)cc(OC)c1. The number of esters is 1. The molecule has 1 aromatic heterocycles. The van der Waals surface area contributed by atoms with Gasteiger partial charge >= 0.3 is 12.1 Å². The monoisotopic (exact) mass is 469 g/mol. The van der Waals surface area contributed by atoms with Gasteiger partial charge in [0, 0.05) is 30.9 Å². The molecule has 0 aliphatic carbocycles. The maximum absolute atomic E-state index is 12.6. The number of carbonyl (C=O) groups is 2. The van der Waals surface area contributed by atoms with E-state index >= 15 is 0 Å². The second-order valence-corrected chi connectivity index (χ2v) is 8.81. The lowest BCUT2D eigenvalue weighted by atomic mass is 10.2. The molecule has 9 nitrogen and oxygen atoms in total. The first-order valence-corrected chi connectivity index (χ1v) is 11.1. The highest BCUT2D eigenvalue weighted by Crippen LogP contribution is 2.25. The zero-order valence-electron chi connectivity index (χ0n) is 20.5. The fourth-order valence-corrected chi connectivity index (χ4v) is 3.49. The van der Waals surface area contributed by atoms with E-state index in [1.54, 1.807) is 55.1 Å². The first kappa shape index (κ1) is 25.0. The molecule has 1 atom stereocenters. The Kier molecular flexibility index (Phi) is 7.72. The average molecular weight is 470 g/mol. The minimum absolute atomic E-state index is 0.104. The Hall–Kier alpha value is -3.67. The zero-order chi connectivity index (χ0) is 24.9. The van der Waals surface area contributed by atoms with Crippen LogP contribution < -0.4 is 9.47 Å². The van der Waals surface area contributed by atoms with Crippen LogP contribution in [0.4, 0.5) is 4.79 Å². The van der Waals surface area contributed by atoms with Gasteiger partial charge in [-0.2, -0.15) is 5.10 Å². The minimum atomic E-state index is -0.566. The molecule has 0 saturated carbocycles. The Labute approximate surface area is 199 Å². The molecule has 182 valence electrons. The van der Waals surface area contributed by atoms with Crippen molar-refractivity contribution in [1.82, 2.24) is 14.7 Å². The van der Waals surface area contributed by atoms with Crippen molar-refractivity contribution < 1.29 is 28.5 Å². The molecule has 1 fully saturated rings. The molecule has 9 heteroatoms. The lowest BCUT2D eigenvalue weighted by Gasteiger charge is -2.24. The molecule has 0 N–H and O–H groups in total. The molecule has 0 spiro atoms. The molecule has 2 heterocycles. The fourth-order valence-electron chi connectivity index (χ4n) is 3.49. The number of aromatic nitrogens is 2. The van der Waals surface area contributed by atoms with Crippen molar-refractivity contribution in [3.8, 4) is 23.3 Å². The van der Waals surface area contributed by atoms with Gasteiger partial charge in [-0.25, -0.2) is 9.59 Å². The number of benzene rings is 1. The summed E-state index contributed by atoms with van der Waals surface area (Å²) in [5, 5.41) is 4.57. The Morgan fingerprint density at radius 2 is 1.79 bits per heavy atom. The third kappa shape index (κ3) is 6.22. The van der Waals surface area contributed by atoms with E-state index in [1.165, 1.54) is 0 Å². The number of likely N-dealkylation sites (tertiary alicyclic amines) is 1. The van der Waals surface area contributed by atoms with E-state index in [9.17, 15) is 9.59 Å². The molecule has 0 bridgehead atoms. The van der Waals surface area contributed by atoms with Crippen LogP contribution in [-0.2, 0) is 9.47 Å². The van der Waals surface area contributed by atoms with E-state index in [4.69, 9.17) is 18.9 Å². The number of ether oxygens (including phenoxy) is 4. The summed E-state index contributed by atoms with van der Waals surface area (Å²) in [4.78, 5) is 26.6. The Morgan fingerprint density at radius 3 is 2.38 bits per heavy atom. The molecular formula is C25H31N3O6. The van der Waals surface area contributed by atoms with E-state index in [1.807, 2.05) is 20.8 Å². The lowest BCUT2D eigenvalue weighted by Crippen LogP contribution is -2.35. The molecule has 1 aliphatic heterocycles. The van der Waals surface area contributed by atoms with Gasteiger partial charge in [0.2, 0.25) is 0 Å². The van der Waals surface area contributed by atoms with Crippen LogP contribution >= 0.6 is 0 Å². The van der Waals surface area contributed by atoms with Crippen LogP contribution in [0.25, 0.3) is 0 Å². The molecule has 1 saturated heterocycles. The van der Waals surface area contributed by atoms with Gasteiger partial charge in [0.05, 0.1) is 26.9 Å². The average Bonchev–Trinajstić information content (AvgIpc) is 3.44. The van der Waals surface area contributed by atoms with Crippen LogP contribution in [-0.4, -0.2) is 66.3 Å². The summed E-state index contributed by atoms with van der Waals surface area (Å²) in [5.41, 5.74) is 0.664. The van der Waals surface area contributed by atoms with Gasteiger partial charge in [0.25, 0.3) is 0 Å². The second kappa shape index (κ2) is 10.5. The van der Waals surface area contributed by atoms with Crippen molar-refractivity contribution in [2.45, 2.75) is 45.8 Å². The first-order valence-electron chi connectivity index (χ1n) is 11.1. The fraction of sp³-hybridized carbons (Fsp3) is 0.480. The van der Waals surface area contributed by atoms with Gasteiger partial charge < -0.3 is 23.8 Å². The van der Waals surface area contributed by atoms with Crippen LogP contribution in [0.3, 0.4) is 0 Å². The predicted octanol–water partition coefficient (Wildman–Crippen LogP) is 3.66. The number of methoxy groups -OCH3 is 2. The van der Waals surface area contributed by atoms with E-state index in [2.05, 4.69) is 16.9 Å². The van der Waals surface area contributed by atoms with Crippen molar-refractivity contribution in [3.63, 3.8) is 0 Å². The molecular weight excluding hydrogens is 438 g/mol. The Morgan fingerprint density at radius 1 is 1.12 bits per heavy atom. The van der Waals surface area contributed by atoms with Gasteiger partial charge in [0.15, 0.2) is 0 Å². The quantitative estimate of drug-likeness (QED) is 0.487. The smallest absolute Gasteiger partial charge is 0.410 e. The normalized spacial score (nSPS) is 15.4. The lowest BCUT2D eigenvalue weighted by molar-refractivity contribution is 0.0287. The summed E-state index contributed by atoms with van der Waals surface area (Å²) in [6.07, 6.45) is 1.96. The molecule has 1 amide bonds. The number of carbonyl (C=O) groups excluding carboxylic acids is 2. The summed E-state index contributed by atoms with van der Waals surface area (Å²) in [6.45, 7) is 8.45. The molecule has 1 aromatic carbocycles. The van der Waals surface area contributed by atoms with Gasteiger partial charge in [-0.15, -0.1) is 0 Å². The van der Waals surface area contributed by atoms with Gasteiger partial charge in [0.1, 0.15) is 28.4 Å². The maximum Gasteiger partial charge on any atom is 0.410 e. The Bertz CT molecular complexity index is 1080. The van der Waals surface area contributed by atoms with Gasteiger partial charge in [-0.1, -0.05) is 5.92 Å². The van der Waals surface area contributed by atoms with Crippen LogP contribution in [0.15, 0.2) is 24.4 Å². The van der Waals surface area contributed by atoms with E-state index < -0.39 is 11.6 Å². The van der Waals surface area contributed by atoms with Crippen LogP contribution in [0.2, 0.25) is 0 Å². The van der Waals surface area contributed by atoms with E-state index in [-0.39, 0.29) is 24.3 Å². The highest BCUT2D eigenvalue weighted by molar-refractivity contribution is 5.91. The van der Waals surface area contributed by atoms with E-state index in [0.717, 1.165) is 0 Å². The van der Waals surface area contributed by atoms with Crippen LogP contribution in [0, 0.1) is 11.8 Å². The topological polar surface area (TPSA) is 92.1 Å². The number of rotatable bonds is 5. The summed E-state index contributed by atoms with van der Waals surface area (Å²) in [7, 11) is 3.13. The third-order valence-corrected chi connectivity index (χ3v) is 5.09. The molecule has 1 aliphatic rings. The van der Waals surface area contributed by atoms with Crippen molar-refractivity contribution in [1.29, 1.82) is 0 Å². The third-order valence-electron chi connectivity index (χ3n) is 5.09. The van der Waals surface area contributed by atoms with Crippen molar-refractivity contribution in [2.24, 2.45) is 0 Å². The molecule has 0 radical (unpaired) electrons. The van der Waals surface area contributed by atoms with Crippen molar-refractivity contribution >= 4 is 12.1 Å². The molecule has 2 aromatic rings. The number of hydrogen-bond donors (Lipinski definition) is 0. The van der Waals surface area contributed by atoms with E-state index in [0.29, 0.717) is 42.3 Å². The summed E-state index contributed by atoms with van der Waals surface area (Å²) >= 11 is 0. The first-order chi connectivity index (χ1) is 16.1. The van der Waals surface area contributed by atoms with Crippen molar-refractivity contribution in [3.05, 3.63) is 41.2 Å². The number of hydrogen-bond acceptors (Lipinski definition) is 7. The molecule has 3 rings (SSSR count). The van der Waals surface area contributed by atoms with Crippen LogP contribution in [0.5, 0.6) is 11.5 Å². The number of nitrogens with zero attached hydrogens (tertiary/aromatic N) is 3. The highest BCUT2D eigenvalue weighted by Gasteiger charge is 2.32. The maximum atomic E-state index is 12.6. The van der Waals surface area contributed by atoms with Crippen LogP contribution in [0.1, 0.15) is 61.8 Å². The Balaban J connectivity index is 1.87. The standard InChI is InChI=1S/C25H31N3O6/c1-7-33-23(29)21-16-28(18-10-11-27(15-18)24(30)34-25(2,3)4)26-22(21)9-8-17-12-19(31-5)14-20(13-17)32-6/h12-14,16,18H,7,10-11,15H2,1-6H3/t18-/m0/s1. The van der Waals surface area contributed by atoms with Gasteiger partial charge in [-0.05, 0) is 52.2 Å². The summed E-state index contributed by atoms with van der Waals surface area (Å²) in [5.74, 6) is 6.72.